The fraction of sp³-hybridized carbons (Fsp3) is 0.0714. The van der Waals surface area contributed by atoms with Crippen molar-refractivity contribution >= 4 is 21.6 Å². The van der Waals surface area contributed by atoms with E-state index in [0.717, 1.165) is 32.9 Å². The van der Waals surface area contributed by atoms with Gasteiger partial charge in [0.05, 0.1) is 33.4 Å². The predicted molar refractivity (Wildman–Crippen MR) is 79.4 cm³/mol. The van der Waals surface area contributed by atoms with E-state index in [1.54, 1.807) is 22.3 Å². The van der Waals surface area contributed by atoms with Gasteiger partial charge in [-0.1, -0.05) is 6.07 Å². The molecule has 0 spiro atoms. The number of hydrogen-bond donors (Lipinski definition) is 1. The fourth-order valence-electron chi connectivity index (χ4n) is 2.26. The molecule has 1 aromatic carbocycles. The molecular weight excluding hydrogens is 270 g/mol. The zero-order chi connectivity index (χ0) is 13.5. The molecule has 0 saturated heterocycles. The number of aromatic nitrogens is 5. The van der Waals surface area contributed by atoms with Crippen molar-refractivity contribution < 1.29 is 0 Å². The Labute approximate surface area is 118 Å². The molecule has 0 aliphatic heterocycles. The van der Waals surface area contributed by atoms with Gasteiger partial charge in [-0.25, -0.2) is 9.97 Å². The minimum absolute atomic E-state index is 0.893. The predicted octanol–water partition coefficient (Wildman–Crippen LogP) is 3.09. The molecule has 6 heteroatoms. The van der Waals surface area contributed by atoms with Crippen LogP contribution in [0.15, 0.2) is 42.3 Å². The van der Waals surface area contributed by atoms with Gasteiger partial charge in [0.15, 0.2) is 0 Å². The van der Waals surface area contributed by atoms with E-state index in [-0.39, 0.29) is 0 Å². The number of hydrogen-bond acceptors (Lipinski definition) is 4. The first-order valence-corrected chi connectivity index (χ1v) is 7.06. The quantitative estimate of drug-likeness (QED) is 0.614. The number of aryl methyl sites for hydroxylation is 1. The van der Waals surface area contributed by atoms with Crippen LogP contribution in [0, 0.1) is 0 Å². The maximum Gasteiger partial charge on any atom is 0.111 e. The molecule has 1 N–H and O–H groups in total. The Kier molecular flexibility index (Phi) is 2.43. The van der Waals surface area contributed by atoms with Gasteiger partial charge in [0.2, 0.25) is 0 Å². The third-order valence-electron chi connectivity index (χ3n) is 3.21. The molecule has 98 valence electrons. The van der Waals surface area contributed by atoms with Crippen LogP contribution in [0.3, 0.4) is 0 Å². The summed E-state index contributed by atoms with van der Waals surface area (Å²) in [6, 6.07) is 8.17. The highest BCUT2D eigenvalue weighted by Crippen LogP contribution is 2.30. The van der Waals surface area contributed by atoms with Gasteiger partial charge in [-0.05, 0) is 18.2 Å². The first-order valence-electron chi connectivity index (χ1n) is 6.18. The summed E-state index contributed by atoms with van der Waals surface area (Å²) in [4.78, 5) is 11.9. The summed E-state index contributed by atoms with van der Waals surface area (Å²) in [5.41, 5.74) is 6.70. The Morgan fingerprint density at radius 1 is 1.20 bits per heavy atom. The molecule has 5 nitrogen and oxygen atoms in total. The topological polar surface area (TPSA) is 59.4 Å². The van der Waals surface area contributed by atoms with Crippen LogP contribution in [-0.2, 0) is 7.05 Å². The molecule has 0 radical (unpaired) electrons. The lowest BCUT2D eigenvalue weighted by molar-refractivity contribution is 0.770. The number of imidazole rings is 1. The van der Waals surface area contributed by atoms with Crippen molar-refractivity contribution in [2.75, 3.05) is 0 Å². The van der Waals surface area contributed by atoms with Crippen molar-refractivity contribution in [2.45, 2.75) is 0 Å². The maximum absolute atomic E-state index is 4.44. The largest absolute Gasteiger partial charge is 0.343 e. The van der Waals surface area contributed by atoms with Crippen LogP contribution < -0.4 is 0 Å². The molecule has 0 saturated carbocycles. The lowest BCUT2D eigenvalue weighted by Gasteiger charge is -2.00. The lowest BCUT2D eigenvalue weighted by Crippen LogP contribution is -1.89. The van der Waals surface area contributed by atoms with Gasteiger partial charge >= 0.3 is 0 Å². The van der Waals surface area contributed by atoms with E-state index in [2.05, 4.69) is 26.1 Å². The normalized spacial score (nSPS) is 11.2. The summed E-state index contributed by atoms with van der Waals surface area (Å²) in [6.45, 7) is 0. The SMILES string of the molecule is Cn1ccc(-c2[nH]cnc2-c2ccc3ncsc3c2)n1. The van der Waals surface area contributed by atoms with Crippen molar-refractivity contribution in [3.05, 3.63) is 42.3 Å². The zero-order valence-corrected chi connectivity index (χ0v) is 11.6. The van der Waals surface area contributed by atoms with E-state index in [1.165, 1.54) is 0 Å². The van der Waals surface area contributed by atoms with Crippen molar-refractivity contribution in [3.63, 3.8) is 0 Å². The molecule has 0 atom stereocenters. The number of benzene rings is 1. The third kappa shape index (κ3) is 1.73. The molecule has 0 bridgehead atoms. The van der Waals surface area contributed by atoms with Gasteiger partial charge < -0.3 is 4.98 Å². The highest BCUT2D eigenvalue weighted by Gasteiger charge is 2.13. The first kappa shape index (κ1) is 11.4. The molecule has 0 amide bonds. The van der Waals surface area contributed by atoms with Gasteiger partial charge in [-0.3, -0.25) is 4.68 Å². The Morgan fingerprint density at radius 2 is 2.15 bits per heavy atom. The molecule has 0 fully saturated rings. The van der Waals surface area contributed by atoms with E-state index >= 15 is 0 Å². The van der Waals surface area contributed by atoms with Crippen LogP contribution in [-0.4, -0.2) is 24.7 Å². The van der Waals surface area contributed by atoms with Crippen LogP contribution >= 0.6 is 11.3 Å². The summed E-state index contributed by atoms with van der Waals surface area (Å²) in [5, 5.41) is 4.43. The van der Waals surface area contributed by atoms with Crippen molar-refractivity contribution in [2.24, 2.45) is 7.05 Å². The van der Waals surface area contributed by atoms with Crippen LogP contribution in [0.4, 0.5) is 0 Å². The average molecular weight is 281 g/mol. The van der Waals surface area contributed by atoms with Gasteiger partial charge in [-0.2, -0.15) is 5.10 Å². The summed E-state index contributed by atoms with van der Waals surface area (Å²) in [7, 11) is 1.91. The molecule has 3 heterocycles. The number of nitrogens with one attached hydrogen (secondary N) is 1. The number of aromatic amines is 1. The molecule has 0 aliphatic carbocycles. The molecule has 20 heavy (non-hydrogen) atoms. The number of H-pyrrole nitrogens is 1. The van der Waals surface area contributed by atoms with Crippen LogP contribution in [0.5, 0.6) is 0 Å². The maximum atomic E-state index is 4.44. The van der Waals surface area contributed by atoms with Gasteiger partial charge in [0.25, 0.3) is 0 Å². The lowest BCUT2D eigenvalue weighted by atomic mass is 10.1. The standard InChI is InChI=1S/C14H11N5S/c1-19-5-4-11(18-19)14-13(15-7-16-14)9-2-3-10-12(6-9)20-8-17-10/h2-8H,1H3,(H,15,16). The minimum atomic E-state index is 0.893. The summed E-state index contributed by atoms with van der Waals surface area (Å²) < 4.78 is 2.95. The summed E-state index contributed by atoms with van der Waals surface area (Å²) in [5.74, 6) is 0. The van der Waals surface area contributed by atoms with E-state index in [9.17, 15) is 0 Å². The van der Waals surface area contributed by atoms with Crippen LogP contribution in [0.1, 0.15) is 0 Å². The van der Waals surface area contributed by atoms with Crippen molar-refractivity contribution in [1.82, 2.24) is 24.7 Å². The Hall–Kier alpha value is -2.47. The van der Waals surface area contributed by atoms with Gasteiger partial charge in [0, 0.05) is 18.8 Å². The molecule has 0 aliphatic rings. The van der Waals surface area contributed by atoms with Gasteiger partial charge in [0.1, 0.15) is 5.69 Å². The first-order chi connectivity index (χ1) is 9.81. The molecule has 0 unspecified atom stereocenters. The molecule has 4 aromatic rings. The molecule has 4 rings (SSSR count). The minimum Gasteiger partial charge on any atom is -0.343 e. The fourth-order valence-corrected chi connectivity index (χ4v) is 2.98. The van der Waals surface area contributed by atoms with E-state index in [1.807, 2.05) is 37.0 Å². The highest BCUT2D eigenvalue weighted by atomic mass is 32.1. The van der Waals surface area contributed by atoms with Gasteiger partial charge in [-0.15, -0.1) is 11.3 Å². The summed E-state index contributed by atoms with van der Waals surface area (Å²) in [6.07, 6.45) is 3.63. The van der Waals surface area contributed by atoms with E-state index in [0.29, 0.717) is 0 Å². The Morgan fingerprint density at radius 3 is 3.00 bits per heavy atom. The second kappa shape index (κ2) is 4.28. The average Bonchev–Trinajstić information content (AvgIpc) is 3.17. The van der Waals surface area contributed by atoms with Crippen LogP contribution in [0.2, 0.25) is 0 Å². The number of fused-ring (bicyclic) bond motifs is 1. The van der Waals surface area contributed by atoms with Crippen LogP contribution in [0.25, 0.3) is 32.9 Å². The van der Waals surface area contributed by atoms with E-state index in [4.69, 9.17) is 0 Å². The Balaban J connectivity index is 1.88. The molecular formula is C14H11N5S. The second-order valence-electron chi connectivity index (χ2n) is 4.54. The highest BCUT2D eigenvalue weighted by molar-refractivity contribution is 7.16. The van der Waals surface area contributed by atoms with Crippen molar-refractivity contribution in [3.8, 4) is 22.6 Å². The summed E-state index contributed by atoms with van der Waals surface area (Å²) >= 11 is 1.64. The Bertz CT molecular complexity index is 886. The second-order valence-corrected chi connectivity index (χ2v) is 5.42. The zero-order valence-electron chi connectivity index (χ0n) is 10.7. The number of nitrogens with zero attached hydrogens (tertiary/aromatic N) is 4. The number of thiazole rings is 1. The monoisotopic (exact) mass is 281 g/mol. The van der Waals surface area contributed by atoms with Crippen molar-refractivity contribution in [1.29, 1.82) is 0 Å². The van der Waals surface area contributed by atoms with E-state index < -0.39 is 0 Å². The molecule has 3 aromatic heterocycles. The third-order valence-corrected chi connectivity index (χ3v) is 4.01. The number of rotatable bonds is 2. The smallest absolute Gasteiger partial charge is 0.111 e.